The van der Waals surface area contributed by atoms with Crippen LogP contribution in [-0.2, 0) is 0 Å². The van der Waals surface area contributed by atoms with Gasteiger partial charge in [-0.15, -0.1) is 0 Å². The van der Waals surface area contributed by atoms with Gasteiger partial charge in [0.05, 0.1) is 0 Å². The van der Waals surface area contributed by atoms with Gasteiger partial charge in [0.1, 0.15) is 0 Å². The van der Waals surface area contributed by atoms with Crippen LogP contribution < -0.4 is 0 Å². The van der Waals surface area contributed by atoms with Crippen LogP contribution in [0.2, 0.25) is 0 Å². The van der Waals surface area contributed by atoms with Crippen LogP contribution in [0.5, 0.6) is 0 Å². The minimum atomic E-state index is 1.22. The molecule has 0 amide bonds. The average Bonchev–Trinajstić information content (AvgIpc) is 2.60. The molecule has 101 valence electrons. The molecule has 0 unspecified atom stereocenters. The van der Waals surface area contributed by atoms with Crippen molar-refractivity contribution in [2.24, 2.45) is 0 Å². The first-order chi connectivity index (χ1) is 10.9. The topological polar surface area (TPSA) is 0 Å². The summed E-state index contributed by atoms with van der Waals surface area (Å²) in [7, 11) is 0. The molecule has 5 aromatic rings. The molecule has 0 aliphatic rings. The van der Waals surface area contributed by atoms with Crippen molar-refractivity contribution in [3.63, 3.8) is 0 Å². The first-order valence-electron chi connectivity index (χ1n) is 7.54. The van der Waals surface area contributed by atoms with Gasteiger partial charge in [-0.25, -0.2) is 0 Å². The van der Waals surface area contributed by atoms with Crippen molar-refractivity contribution in [1.82, 2.24) is 0 Å². The van der Waals surface area contributed by atoms with Gasteiger partial charge in [-0.05, 0) is 67.7 Å². The van der Waals surface area contributed by atoms with Crippen LogP contribution in [0.3, 0.4) is 0 Å². The summed E-state index contributed by atoms with van der Waals surface area (Å²) in [4.78, 5) is 0. The van der Waals surface area contributed by atoms with Gasteiger partial charge < -0.3 is 0 Å². The Morgan fingerprint density at radius 1 is 0.545 bits per heavy atom. The maximum absolute atomic E-state index is 3.17. The normalized spacial score (nSPS) is 11.6. The van der Waals surface area contributed by atoms with Crippen LogP contribution in [0, 0.1) is 6.07 Å². The highest BCUT2D eigenvalue weighted by molar-refractivity contribution is 6.23. The molecule has 5 aromatic carbocycles. The van der Waals surface area contributed by atoms with E-state index in [0.29, 0.717) is 0 Å². The molecular formula is C22H13. The van der Waals surface area contributed by atoms with Gasteiger partial charge in [-0.1, -0.05) is 60.7 Å². The maximum atomic E-state index is 3.17. The summed E-state index contributed by atoms with van der Waals surface area (Å²) in [6, 6.07) is 31.4. The van der Waals surface area contributed by atoms with E-state index < -0.39 is 0 Å². The summed E-state index contributed by atoms with van der Waals surface area (Å²) < 4.78 is 0. The molecule has 0 aliphatic heterocycles. The number of benzene rings is 5. The van der Waals surface area contributed by atoms with E-state index in [0.717, 1.165) is 0 Å². The molecule has 0 saturated carbocycles. The zero-order valence-corrected chi connectivity index (χ0v) is 12.0. The fraction of sp³-hybridized carbons (Fsp3) is 0. The highest BCUT2D eigenvalue weighted by atomic mass is 14.1. The van der Waals surface area contributed by atoms with Crippen molar-refractivity contribution in [2.75, 3.05) is 0 Å². The van der Waals surface area contributed by atoms with Crippen molar-refractivity contribution in [1.29, 1.82) is 0 Å². The van der Waals surface area contributed by atoms with Crippen LogP contribution in [0.15, 0.2) is 78.9 Å². The monoisotopic (exact) mass is 277 g/mol. The molecule has 0 nitrogen and oxygen atoms in total. The van der Waals surface area contributed by atoms with Crippen molar-refractivity contribution in [3.05, 3.63) is 84.9 Å². The Morgan fingerprint density at radius 3 is 1.82 bits per heavy atom. The lowest BCUT2D eigenvalue weighted by atomic mass is 9.91. The second kappa shape index (κ2) is 4.32. The summed E-state index contributed by atoms with van der Waals surface area (Å²) in [5, 5.41) is 8.00. The Balaban J connectivity index is 1.95. The van der Waals surface area contributed by atoms with Crippen LogP contribution in [0.4, 0.5) is 0 Å². The molecule has 0 spiro atoms. The van der Waals surface area contributed by atoms with E-state index in [4.69, 9.17) is 0 Å². The van der Waals surface area contributed by atoms with Gasteiger partial charge in [0.15, 0.2) is 0 Å². The predicted molar refractivity (Wildman–Crippen MR) is 94.4 cm³/mol. The Kier molecular flexibility index (Phi) is 2.31. The first-order valence-corrected chi connectivity index (χ1v) is 7.54. The molecule has 0 bridgehead atoms. The molecular weight excluding hydrogens is 264 g/mol. The number of hydrogen-bond acceptors (Lipinski definition) is 0. The third-order valence-electron chi connectivity index (χ3n) is 4.50. The molecule has 0 aromatic heterocycles. The predicted octanol–water partition coefficient (Wildman–Crippen LogP) is 6.05. The minimum absolute atomic E-state index is 1.22. The lowest BCUT2D eigenvalue weighted by Crippen LogP contribution is -1.85. The third kappa shape index (κ3) is 1.58. The largest absolute Gasteiger partial charge is 0.0610 e. The summed E-state index contributed by atoms with van der Waals surface area (Å²) in [6.45, 7) is 0. The summed E-state index contributed by atoms with van der Waals surface area (Å²) in [6.07, 6.45) is 0. The lowest BCUT2D eigenvalue weighted by Gasteiger charge is -2.12. The Morgan fingerprint density at radius 2 is 1.18 bits per heavy atom. The summed E-state index contributed by atoms with van der Waals surface area (Å²) in [5.74, 6) is 0. The molecule has 22 heavy (non-hydrogen) atoms. The highest BCUT2D eigenvalue weighted by Gasteiger charge is 2.09. The van der Waals surface area contributed by atoms with E-state index in [1.807, 2.05) is 18.2 Å². The molecule has 0 N–H and O–H groups in total. The van der Waals surface area contributed by atoms with Crippen LogP contribution in [0.25, 0.3) is 43.4 Å². The number of hydrogen-bond donors (Lipinski definition) is 0. The van der Waals surface area contributed by atoms with E-state index in [9.17, 15) is 0 Å². The van der Waals surface area contributed by atoms with E-state index in [2.05, 4.69) is 66.7 Å². The summed E-state index contributed by atoms with van der Waals surface area (Å²) >= 11 is 0. The van der Waals surface area contributed by atoms with Gasteiger partial charge in [0.2, 0.25) is 0 Å². The zero-order chi connectivity index (χ0) is 14.5. The molecule has 1 radical (unpaired) electrons. The Labute approximate surface area is 129 Å². The van der Waals surface area contributed by atoms with E-state index in [-0.39, 0.29) is 0 Å². The highest BCUT2D eigenvalue weighted by Crippen LogP contribution is 2.37. The second-order valence-electron chi connectivity index (χ2n) is 5.80. The van der Waals surface area contributed by atoms with Gasteiger partial charge in [0, 0.05) is 0 Å². The lowest BCUT2D eigenvalue weighted by molar-refractivity contribution is 1.65. The van der Waals surface area contributed by atoms with Crippen LogP contribution >= 0.6 is 0 Å². The smallest absolute Gasteiger partial charge is 0.00264 e. The van der Waals surface area contributed by atoms with Gasteiger partial charge in [0.25, 0.3) is 0 Å². The van der Waals surface area contributed by atoms with Crippen LogP contribution in [-0.4, -0.2) is 0 Å². The van der Waals surface area contributed by atoms with Crippen LogP contribution in [0.1, 0.15) is 0 Å². The fourth-order valence-corrected chi connectivity index (χ4v) is 3.49. The van der Waals surface area contributed by atoms with E-state index in [1.54, 1.807) is 0 Å². The van der Waals surface area contributed by atoms with Crippen molar-refractivity contribution in [3.8, 4) is 11.1 Å². The minimum Gasteiger partial charge on any atom is -0.0610 e. The Hall–Kier alpha value is -2.86. The van der Waals surface area contributed by atoms with E-state index in [1.165, 1.54) is 43.4 Å². The van der Waals surface area contributed by atoms with Gasteiger partial charge in [-0.2, -0.15) is 0 Å². The molecule has 5 rings (SSSR count). The zero-order valence-electron chi connectivity index (χ0n) is 12.0. The molecule has 0 saturated heterocycles. The molecule has 0 aliphatic carbocycles. The maximum Gasteiger partial charge on any atom is -0.00264 e. The standard InChI is InChI=1S/C22H13/c1-2-5-15(6-3-1)20-13-18-11-9-16-7-4-8-17-10-12-19(14-20)22(18)21(16)17/h1-2,4-14H. The fourth-order valence-electron chi connectivity index (χ4n) is 3.49. The first kappa shape index (κ1) is 11.8. The Bertz CT molecular complexity index is 1040. The van der Waals surface area contributed by atoms with Crippen molar-refractivity contribution < 1.29 is 0 Å². The number of rotatable bonds is 1. The summed E-state index contributed by atoms with van der Waals surface area (Å²) in [5.41, 5.74) is 2.47. The quantitative estimate of drug-likeness (QED) is 0.327. The molecule has 0 heterocycles. The average molecular weight is 277 g/mol. The van der Waals surface area contributed by atoms with Gasteiger partial charge >= 0.3 is 0 Å². The second-order valence-corrected chi connectivity index (χ2v) is 5.80. The van der Waals surface area contributed by atoms with Crippen molar-refractivity contribution >= 4 is 32.3 Å². The van der Waals surface area contributed by atoms with Crippen molar-refractivity contribution in [2.45, 2.75) is 0 Å². The van der Waals surface area contributed by atoms with E-state index >= 15 is 0 Å². The third-order valence-corrected chi connectivity index (χ3v) is 4.50. The molecule has 0 atom stereocenters. The van der Waals surface area contributed by atoms with Gasteiger partial charge in [-0.3, -0.25) is 0 Å². The SMILES string of the molecule is [c]1cccc(-c2cc3ccc4cccc5ccc(c2)c3c45)c1. The molecule has 0 heteroatoms. The molecule has 0 fully saturated rings.